The molecule has 11 heteroatoms. The van der Waals surface area contributed by atoms with E-state index in [1.165, 1.54) is 50.9 Å². The first-order chi connectivity index (χ1) is 21.2. The lowest BCUT2D eigenvalue weighted by molar-refractivity contribution is -0.128. The summed E-state index contributed by atoms with van der Waals surface area (Å²) < 4.78 is 33.1. The summed E-state index contributed by atoms with van der Waals surface area (Å²) in [5.74, 6) is -1.03. The number of amides is 1. The van der Waals surface area contributed by atoms with E-state index in [1.54, 1.807) is 6.07 Å². The molecule has 1 amide bonds. The molecule has 3 aliphatic rings. The number of nitrogens with zero attached hydrogens (tertiary/aromatic N) is 7. The number of aryl methyl sites for hydroxylation is 1. The zero-order chi connectivity index (χ0) is 31.8. The van der Waals surface area contributed by atoms with Crippen molar-refractivity contribution >= 4 is 28.2 Å². The maximum atomic E-state index is 14.4. The Bertz CT molecular complexity index is 1530. The van der Waals surface area contributed by atoms with E-state index < -0.39 is 11.7 Å². The second kappa shape index (κ2) is 14.9. The topological polar surface area (TPSA) is 88.8 Å². The molecule has 3 aromatic rings. The molecule has 1 aromatic heterocycles. The summed E-state index contributed by atoms with van der Waals surface area (Å²) in [5, 5.41) is 9.23. The van der Waals surface area contributed by atoms with Gasteiger partial charge in [-0.1, -0.05) is 24.8 Å². The minimum absolute atomic E-state index is 0.220. The van der Waals surface area contributed by atoms with E-state index in [0.29, 0.717) is 44.7 Å². The minimum atomic E-state index is -0.942. The Morgan fingerprint density at radius 3 is 2.30 bits per heavy atom. The summed E-state index contributed by atoms with van der Waals surface area (Å²) in [6, 6.07) is 11.3. The average Bonchev–Trinajstić information content (AvgIpc) is 3.53. The Hall–Kier alpha value is -4.30. The predicted octanol–water partition coefficient (Wildman–Crippen LogP) is 5.02. The van der Waals surface area contributed by atoms with Crippen LogP contribution < -0.4 is 14.5 Å². The number of likely N-dealkylation sites (tertiary alicyclic amines) is 1. The summed E-state index contributed by atoms with van der Waals surface area (Å²) >= 11 is 0. The predicted molar refractivity (Wildman–Crippen MR) is 169 cm³/mol. The first-order valence-electron chi connectivity index (χ1n) is 14.9. The van der Waals surface area contributed by atoms with Gasteiger partial charge in [-0.25, -0.2) is 8.78 Å². The van der Waals surface area contributed by atoms with E-state index in [2.05, 4.69) is 38.3 Å². The molecule has 0 radical (unpaired) electrons. The average molecular weight is 606 g/mol. The fourth-order valence-electron chi connectivity index (χ4n) is 5.89. The van der Waals surface area contributed by atoms with E-state index in [9.17, 15) is 13.6 Å². The number of hydrogen-bond acceptors (Lipinski definition) is 8. The second-order valence-corrected chi connectivity index (χ2v) is 11.1. The smallest absolute Gasteiger partial charge is 0.318 e. The number of aromatic nitrogens is 2. The molecule has 0 atom stereocenters. The molecule has 4 heterocycles. The van der Waals surface area contributed by atoms with Crippen molar-refractivity contribution in [3.05, 3.63) is 65.4 Å². The van der Waals surface area contributed by atoms with Crippen molar-refractivity contribution in [2.24, 2.45) is 0 Å². The number of halogens is 2. The monoisotopic (exact) mass is 605 g/mol. The van der Waals surface area contributed by atoms with Gasteiger partial charge in [0.25, 0.3) is 5.91 Å². The number of ether oxygens (including phenoxy) is 1. The van der Waals surface area contributed by atoms with Gasteiger partial charge in [0.05, 0.1) is 25.4 Å². The number of benzene rings is 2. The molecule has 9 nitrogen and oxygen atoms in total. The van der Waals surface area contributed by atoms with Crippen LogP contribution in [0.3, 0.4) is 0 Å². The maximum Gasteiger partial charge on any atom is 0.318 e. The van der Waals surface area contributed by atoms with Crippen LogP contribution in [0.2, 0.25) is 0 Å². The Balaban J connectivity index is 0.000000427. The molecule has 0 N–H and O–H groups in total. The van der Waals surface area contributed by atoms with E-state index in [-0.39, 0.29) is 11.8 Å². The molecule has 234 valence electrons. The van der Waals surface area contributed by atoms with Gasteiger partial charge in [0, 0.05) is 56.3 Å². The highest BCUT2D eigenvalue weighted by atomic mass is 19.1. The standard InChI is InChI=1S/C26H27F2N5O2.C5H11N.C2H3N/c1-16-20(28)8-7-18-5-4-6-22(23(16)18)33-10-9-19-21(15-33)29-26(35-3)30-24(19)31-11-13-32(14-12-31)25(34)17(2)27;1-6-4-2-3-5-6;1-2-3/h4-8H,2,9-15H2,1,3H3;2-5H2,1H3;1H3. The number of fused-ring (bicyclic) bond motifs is 2. The van der Waals surface area contributed by atoms with Gasteiger partial charge >= 0.3 is 6.01 Å². The number of rotatable bonds is 4. The van der Waals surface area contributed by atoms with E-state index >= 15 is 0 Å². The highest BCUT2D eigenvalue weighted by Gasteiger charge is 2.30. The van der Waals surface area contributed by atoms with Crippen molar-refractivity contribution in [2.45, 2.75) is 39.7 Å². The minimum Gasteiger partial charge on any atom is -0.467 e. The first-order valence-corrected chi connectivity index (χ1v) is 14.9. The van der Waals surface area contributed by atoms with Crippen LogP contribution in [0.25, 0.3) is 10.8 Å². The van der Waals surface area contributed by atoms with Crippen LogP contribution in [-0.4, -0.2) is 85.6 Å². The van der Waals surface area contributed by atoms with Crippen molar-refractivity contribution in [1.29, 1.82) is 5.26 Å². The van der Waals surface area contributed by atoms with Crippen LogP contribution >= 0.6 is 0 Å². The van der Waals surface area contributed by atoms with Gasteiger partial charge < -0.3 is 24.3 Å². The zero-order valence-corrected chi connectivity index (χ0v) is 26.1. The van der Waals surface area contributed by atoms with Crippen LogP contribution in [0.15, 0.2) is 42.7 Å². The van der Waals surface area contributed by atoms with Crippen molar-refractivity contribution in [1.82, 2.24) is 19.8 Å². The van der Waals surface area contributed by atoms with Crippen LogP contribution in [0.4, 0.5) is 20.3 Å². The van der Waals surface area contributed by atoms with Crippen LogP contribution in [0, 0.1) is 24.1 Å². The molecule has 0 saturated carbocycles. The van der Waals surface area contributed by atoms with Crippen molar-refractivity contribution in [3.63, 3.8) is 0 Å². The van der Waals surface area contributed by atoms with Crippen molar-refractivity contribution in [3.8, 4) is 12.1 Å². The van der Waals surface area contributed by atoms with Gasteiger partial charge in [0.2, 0.25) is 0 Å². The third-order valence-corrected chi connectivity index (χ3v) is 8.19. The first kappa shape index (κ1) is 32.6. The molecule has 0 bridgehead atoms. The highest BCUT2D eigenvalue weighted by molar-refractivity contribution is 5.97. The molecule has 6 rings (SSSR count). The maximum absolute atomic E-state index is 14.4. The van der Waals surface area contributed by atoms with Gasteiger partial charge in [-0.15, -0.1) is 0 Å². The summed E-state index contributed by atoms with van der Waals surface area (Å²) in [7, 11) is 3.71. The number of anilines is 2. The van der Waals surface area contributed by atoms with Crippen LogP contribution in [-0.2, 0) is 17.8 Å². The van der Waals surface area contributed by atoms with Crippen LogP contribution in [0.1, 0.15) is 36.6 Å². The lowest BCUT2D eigenvalue weighted by Gasteiger charge is -2.38. The van der Waals surface area contributed by atoms with E-state index in [1.807, 2.05) is 31.2 Å². The fraction of sp³-hybridized carbons (Fsp3) is 0.455. The molecule has 0 aliphatic carbocycles. The van der Waals surface area contributed by atoms with Gasteiger partial charge in [0.15, 0.2) is 5.83 Å². The molecule has 2 saturated heterocycles. The molecule has 44 heavy (non-hydrogen) atoms. The number of nitriles is 1. The number of carbonyl (C=O) groups is 1. The van der Waals surface area contributed by atoms with Gasteiger partial charge in [-0.3, -0.25) is 4.79 Å². The number of piperazine rings is 1. The Morgan fingerprint density at radius 1 is 1.02 bits per heavy atom. The summed E-state index contributed by atoms with van der Waals surface area (Å²) in [5.41, 5.74) is 3.51. The quantitative estimate of drug-likeness (QED) is 0.383. The Kier molecular flexibility index (Phi) is 11.1. The van der Waals surface area contributed by atoms with Crippen molar-refractivity contribution < 1.29 is 18.3 Å². The lowest BCUT2D eigenvalue weighted by Crippen LogP contribution is -2.49. The van der Waals surface area contributed by atoms with E-state index in [0.717, 1.165) is 40.1 Å². The number of methoxy groups -OCH3 is 1. The van der Waals surface area contributed by atoms with Gasteiger partial charge in [-0.2, -0.15) is 15.2 Å². The molecule has 2 aromatic carbocycles. The summed E-state index contributed by atoms with van der Waals surface area (Å²) in [6.07, 6.45) is 3.53. The molecular weight excluding hydrogens is 564 g/mol. The normalized spacial score (nSPS) is 16.2. The lowest BCUT2D eigenvalue weighted by atomic mass is 9.99. The van der Waals surface area contributed by atoms with Crippen LogP contribution in [0.5, 0.6) is 6.01 Å². The largest absolute Gasteiger partial charge is 0.467 e. The Morgan fingerprint density at radius 2 is 1.70 bits per heavy atom. The summed E-state index contributed by atoms with van der Waals surface area (Å²) in [4.78, 5) is 29.4. The summed E-state index contributed by atoms with van der Waals surface area (Å²) in [6.45, 7) is 12.1. The van der Waals surface area contributed by atoms with Gasteiger partial charge in [-0.05, 0) is 69.4 Å². The third-order valence-electron chi connectivity index (χ3n) is 8.19. The second-order valence-electron chi connectivity index (χ2n) is 11.1. The molecule has 0 spiro atoms. The molecular formula is C33H41F2N7O2. The number of hydrogen-bond donors (Lipinski definition) is 0. The zero-order valence-electron chi connectivity index (χ0n) is 26.1. The molecule has 0 unspecified atom stereocenters. The molecule has 2 fully saturated rings. The third kappa shape index (κ3) is 7.42. The number of carbonyl (C=O) groups excluding carboxylic acids is 1. The fourth-order valence-corrected chi connectivity index (χ4v) is 5.89. The molecule has 3 aliphatic heterocycles. The highest BCUT2D eigenvalue weighted by Crippen LogP contribution is 2.36. The Labute approximate surface area is 258 Å². The van der Waals surface area contributed by atoms with Crippen molar-refractivity contribution in [2.75, 3.05) is 69.8 Å². The SMILES string of the molecule is C=C(F)C(=O)N1CCN(c2nc(OC)nc3c2CCN(c2cccc4ccc(F)c(C)c24)C3)CC1.CC#N.CN1CCCC1. The van der Waals surface area contributed by atoms with Gasteiger partial charge in [0.1, 0.15) is 11.6 Å². The van der Waals surface area contributed by atoms with E-state index in [4.69, 9.17) is 10.00 Å².